The average molecular weight is 330 g/mol. The summed E-state index contributed by atoms with van der Waals surface area (Å²) in [7, 11) is 0. The van der Waals surface area contributed by atoms with Crippen molar-refractivity contribution in [2.75, 3.05) is 12.3 Å². The molecule has 0 saturated heterocycles. The van der Waals surface area contributed by atoms with Gasteiger partial charge in [0.1, 0.15) is 6.04 Å². The van der Waals surface area contributed by atoms with E-state index in [0.29, 0.717) is 17.1 Å². The molecule has 3 nitrogen and oxygen atoms in total. The molecule has 0 amide bonds. The molecule has 0 aliphatic rings. The summed E-state index contributed by atoms with van der Waals surface area (Å²) in [4.78, 5) is 11.3. The average Bonchev–Trinajstić information content (AvgIpc) is 2.49. The zero-order chi connectivity index (χ0) is 16.1. The molecule has 2 N–H and O–H groups in total. The highest BCUT2D eigenvalue weighted by Crippen LogP contribution is 2.22. The summed E-state index contributed by atoms with van der Waals surface area (Å²) < 4.78 is 0. The van der Waals surface area contributed by atoms with E-state index in [-0.39, 0.29) is 0 Å². The lowest BCUT2D eigenvalue weighted by Gasteiger charge is -2.15. The van der Waals surface area contributed by atoms with Gasteiger partial charge in [-0.15, -0.1) is 11.8 Å². The predicted molar refractivity (Wildman–Crippen MR) is 93.1 cm³/mol. The van der Waals surface area contributed by atoms with Gasteiger partial charge in [-0.05, 0) is 42.7 Å². The smallest absolute Gasteiger partial charge is 0.325 e. The van der Waals surface area contributed by atoms with Gasteiger partial charge in [-0.25, -0.2) is 0 Å². The second kappa shape index (κ2) is 12.7. The first-order chi connectivity index (χ1) is 10.2. The third-order valence-electron chi connectivity index (χ3n) is 2.48. The van der Waals surface area contributed by atoms with E-state index in [2.05, 4.69) is 5.32 Å². The Balaban J connectivity index is 0.00000191. The molecule has 0 saturated carbocycles. The molecule has 1 rings (SSSR count). The molecule has 118 valence electrons. The van der Waals surface area contributed by atoms with Crippen LogP contribution in [0.5, 0.6) is 0 Å². The van der Waals surface area contributed by atoms with Crippen LogP contribution in [0.4, 0.5) is 0 Å². The van der Waals surface area contributed by atoms with Crippen LogP contribution in [0.1, 0.15) is 38.8 Å². The van der Waals surface area contributed by atoms with Crippen LogP contribution in [-0.2, 0) is 4.79 Å². The number of halogens is 1. The molecule has 1 unspecified atom stereocenters. The number of carbonyl (C=O) groups is 1. The molecule has 0 radical (unpaired) electrons. The first-order valence-electron chi connectivity index (χ1n) is 7.10. The second-order valence-corrected chi connectivity index (χ2v) is 5.36. The largest absolute Gasteiger partial charge is 0.480 e. The molecule has 0 heterocycles. The highest BCUT2D eigenvalue weighted by atomic mass is 35.5. The first-order valence-corrected chi connectivity index (χ1v) is 8.53. The summed E-state index contributed by atoms with van der Waals surface area (Å²) in [5.74, 6) is 0.0563. The van der Waals surface area contributed by atoms with Crippen LogP contribution in [-0.4, -0.2) is 23.4 Å². The maximum absolute atomic E-state index is 11.3. The highest BCUT2D eigenvalue weighted by molar-refractivity contribution is 8.02. The van der Waals surface area contributed by atoms with Gasteiger partial charge in [-0.1, -0.05) is 49.7 Å². The van der Waals surface area contributed by atoms with Crippen molar-refractivity contribution in [2.24, 2.45) is 0 Å². The molecule has 1 aromatic carbocycles. The van der Waals surface area contributed by atoms with Crippen LogP contribution >= 0.6 is 23.4 Å². The minimum absolute atomic E-state index is 0.477. The minimum Gasteiger partial charge on any atom is -0.480 e. The Kier molecular flexibility index (Phi) is 12.2. The number of carboxylic acids is 1. The van der Waals surface area contributed by atoms with Gasteiger partial charge in [0, 0.05) is 5.02 Å². The molecule has 1 atom stereocenters. The van der Waals surface area contributed by atoms with Gasteiger partial charge in [0.25, 0.3) is 0 Å². The number of hydrogen-bond acceptors (Lipinski definition) is 3. The van der Waals surface area contributed by atoms with Gasteiger partial charge < -0.3 is 10.4 Å². The molecular formula is C16H24ClNO2S. The van der Waals surface area contributed by atoms with Crippen molar-refractivity contribution >= 4 is 29.3 Å². The number of aliphatic carboxylic acids is 1. The van der Waals surface area contributed by atoms with E-state index < -0.39 is 12.0 Å². The number of benzene rings is 1. The number of rotatable bonds is 8. The van der Waals surface area contributed by atoms with Crippen molar-refractivity contribution in [3.05, 3.63) is 46.3 Å². The van der Waals surface area contributed by atoms with Crippen LogP contribution in [0.25, 0.3) is 0 Å². The van der Waals surface area contributed by atoms with E-state index in [0.717, 1.165) is 12.2 Å². The molecule has 1 aromatic rings. The van der Waals surface area contributed by atoms with Gasteiger partial charge in [-0.2, -0.15) is 0 Å². The van der Waals surface area contributed by atoms with Crippen LogP contribution in [0, 0.1) is 0 Å². The maximum Gasteiger partial charge on any atom is 0.325 e. The molecule has 5 heteroatoms. The van der Waals surface area contributed by atoms with Crippen LogP contribution in [0.3, 0.4) is 0 Å². The standard InChI is InChI=1S/C14H18ClNO2S.C2H6/c1-2-9-19-10-5-8-16-13(14(17)18)11-6-3-4-7-12(11)15;1-2/h2-4,6-7,9,13,16H,5,8,10H2,1H3,(H,17,18);1-2H3/b9-2-;. The Hall–Kier alpha value is -0.970. The number of thioether (sulfide) groups is 1. The summed E-state index contributed by atoms with van der Waals surface area (Å²) in [5.41, 5.74) is 0.609. The van der Waals surface area contributed by atoms with Gasteiger partial charge in [0.2, 0.25) is 0 Å². The SMILES string of the molecule is C/C=C\SCCCNC(C(=O)O)c1ccccc1Cl.CC. The summed E-state index contributed by atoms with van der Waals surface area (Å²) in [6.45, 7) is 6.62. The molecular weight excluding hydrogens is 306 g/mol. The number of nitrogens with one attached hydrogen (secondary N) is 1. The zero-order valence-electron chi connectivity index (χ0n) is 12.8. The molecule has 0 aliphatic carbocycles. The summed E-state index contributed by atoms with van der Waals surface area (Å²) in [5, 5.41) is 14.8. The van der Waals surface area contributed by atoms with Crippen molar-refractivity contribution in [2.45, 2.75) is 33.2 Å². The fourth-order valence-electron chi connectivity index (χ4n) is 1.61. The third kappa shape index (κ3) is 8.15. The van der Waals surface area contributed by atoms with Crippen LogP contribution < -0.4 is 5.32 Å². The minimum atomic E-state index is -0.908. The van der Waals surface area contributed by atoms with Gasteiger partial charge in [0.15, 0.2) is 0 Å². The highest BCUT2D eigenvalue weighted by Gasteiger charge is 2.20. The molecule has 0 aliphatic heterocycles. The van der Waals surface area contributed by atoms with Crippen molar-refractivity contribution in [1.82, 2.24) is 5.32 Å². The Bertz CT molecular complexity index is 438. The van der Waals surface area contributed by atoms with Crippen LogP contribution in [0.2, 0.25) is 5.02 Å². The van der Waals surface area contributed by atoms with E-state index in [1.54, 1.807) is 36.0 Å². The zero-order valence-corrected chi connectivity index (χ0v) is 14.4. The van der Waals surface area contributed by atoms with Crippen molar-refractivity contribution in [3.8, 4) is 0 Å². The number of carboxylic acid groups (broad SMARTS) is 1. The predicted octanol–water partition coefficient (Wildman–Crippen LogP) is 4.74. The number of hydrogen-bond donors (Lipinski definition) is 2. The first kappa shape index (κ1) is 20.0. The lowest BCUT2D eigenvalue weighted by Crippen LogP contribution is -2.29. The fourth-order valence-corrected chi connectivity index (χ4v) is 2.49. The summed E-state index contributed by atoms with van der Waals surface area (Å²) >= 11 is 7.75. The fraction of sp³-hybridized carbons (Fsp3) is 0.438. The summed E-state index contributed by atoms with van der Waals surface area (Å²) in [6.07, 6.45) is 2.89. The van der Waals surface area contributed by atoms with E-state index in [4.69, 9.17) is 11.6 Å². The monoisotopic (exact) mass is 329 g/mol. The number of allylic oxidation sites excluding steroid dienone is 1. The van der Waals surface area contributed by atoms with Gasteiger partial charge in [-0.3, -0.25) is 4.79 Å². The Morgan fingerprint density at radius 3 is 2.67 bits per heavy atom. The third-order valence-corrected chi connectivity index (χ3v) is 3.82. The topological polar surface area (TPSA) is 49.3 Å². The molecule has 0 aromatic heterocycles. The van der Waals surface area contributed by atoms with Crippen molar-refractivity contribution < 1.29 is 9.90 Å². The van der Waals surface area contributed by atoms with E-state index in [9.17, 15) is 9.90 Å². The quantitative estimate of drug-likeness (QED) is 0.676. The van der Waals surface area contributed by atoms with Gasteiger partial charge >= 0.3 is 5.97 Å². The Morgan fingerprint density at radius 1 is 1.43 bits per heavy atom. The molecule has 0 spiro atoms. The molecule has 21 heavy (non-hydrogen) atoms. The second-order valence-electron chi connectivity index (χ2n) is 3.94. The van der Waals surface area contributed by atoms with Crippen molar-refractivity contribution in [3.63, 3.8) is 0 Å². The van der Waals surface area contributed by atoms with Crippen LogP contribution in [0.15, 0.2) is 35.7 Å². The molecule has 0 fully saturated rings. The lowest BCUT2D eigenvalue weighted by molar-refractivity contribution is -0.139. The molecule has 0 bridgehead atoms. The lowest BCUT2D eigenvalue weighted by atomic mass is 10.1. The van der Waals surface area contributed by atoms with E-state index in [1.807, 2.05) is 32.3 Å². The van der Waals surface area contributed by atoms with Gasteiger partial charge in [0.05, 0.1) is 0 Å². The maximum atomic E-state index is 11.3. The van der Waals surface area contributed by atoms with E-state index in [1.165, 1.54) is 0 Å². The Morgan fingerprint density at radius 2 is 2.10 bits per heavy atom. The summed E-state index contributed by atoms with van der Waals surface area (Å²) in [6, 6.07) is 6.28. The normalized spacial score (nSPS) is 11.8. The Labute approximate surface area is 136 Å². The van der Waals surface area contributed by atoms with Crippen molar-refractivity contribution in [1.29, 1.82) is 0 Å². The van der Waals surface area contributed by atoms with E-state index >= 15 is 0 Å².